The molecular formula is C9H6ClNO2. The monoisotopic (exact) mass is 195 g/mol. The van der Waals surface area contributed by atoms with Crippen LogP contribution in [0.1, 0.15) is 15.9 Å². The molecule has 0 saturated heterocycles. The van der Waals surface area contributed by atoms with E-state index >= 15 is 0 Å². The number of amides is 1. The highest BCUT2D eigenvalue weighted by Gasteiger charge is 2.07. The number of rotatable bonds is 1. The molecule has 3 nitrogen and oxygen atoms in total. The summed E-state index contributed by atoms with van der Waals surface area (Å²) in [6, 6.07) is 4.73. The van der Waals surface area contributed by atoms with E-state index in [-0.39, 0.29) is 0 Å². The average Bonchev–Trinajstić information content (AvgIpc) is 2.04. The molecule has 0 heterocycles. The third kappa shape index (κ3) is 2.25. The van der Waals surface area contributed by atoms with Crippen molar-refractivity contribution >= 4 is 23.6 Å². The van der Waals surface area contributed by atoms with Crippen molar-refractivity contribution in [1.82, 2.24) is 0 Å². The van der Waals surface area contributed by atoms with Crippen molar-refractivity contribution in [2.75, 3.05) is 0 Å². The minimum atomic E-state index is -0.593. The topological polar surface area (TPSA) is 46.5 Å². The van der Waals surface area contributed by atoms with Gasteiger partial charge in [-0.05, 0) is 30.7 Å². The van der Waals surface area contributed by atoms with E-state index in [0.717, 1.165) is 0 Å². The molecule has 1 aromatic rings. The number of isocyanates is 1. The lowest BCUT2D eigenvalue weighted by Crippen LogP contribution is -1.97. The molecule has 0 atom stereocenters. The zero-order valence-electron chi connectivity index (χ0n) is 6.87. The van der Waals surface area contributed by atoms with Gasteiger partial charge in [0.2, 0.25) is 6.08 Å². The maximum atomic E-state index is 11.1. The highest BCUT2D eigenvalue weighted by Crippen LogP contribution is 2.15. The first kappa shape index (κ1) is 9.65. The summed E-state index contributed by atoms with van der Waals surface area (Å²) in [6.45, 7) is 1.72. The average molecular weight is 196 g/mol. The van der Waals surface area contributed by atoms with E-state index in [1.807, 2.05) is 0 Å². The Bertz CT molecular complexity index is 395. The summed E-state index contributed by atoms with van der Waals surface area (Å²) in [5.41, 5.74) is 1.06. The first-order chi connectivity index (χ1) is 6.15. The van der Waals surface area contributed by atoms with Gasteiger partial charge in [-0.1, -0.05) is 11.6 Å². The smallest absolute Gasteiger partial charge is 0.266 e. The van der Waals surface area contributed by atoms with Crippen LogP contribution >= 0.6 is 11.6 Å². The van der Waals surface area contributed by atoms with Crippen molar-refractivity contribution in [2.24, 2.45) is 4.99 Å². The van der Waals surface area contributed by atoms with Crippen molar-refractivity contribution in [2.45, 2.75) is 6.92 Å². The Balaban J connectivity index is 3.16. The number of carbonyl (C=O) groups excluding carboxylic acids is 2. The minimum Gasteiger partial charge on any atom is -0.266 e. The summed E-state index contributed by atoms with van der Waals surface area (Å²) in [4.78, 5) is 23.9. The molecule has 0 radical (unpaired) electrons. The lowest BCUT2D eigenvalue weighted by Gasteiger charge is -1.99. The Labute approximate surface area is 80.0 Å². The number of aliphatic imine (C=N–C) groups is 1. The fourth-order valence-corrected chi connectivity index (χ4v) is 1.20. The van der Waals surface area contributed by atoms with Gasteiger partial charge in [0.1, 0.15) is 0 Å². The number of nitrogens with zero attached hydrogens (tertiary/aromatic N) is 1. The molecular weight excluding hydrogens is 190 g/mol. The predicted molar refractivity (Wildman–Crippen MR) is 48.6 cm³/mol. The Kier molecular flexibility index (Phi) is 2.96. The molecule has 0 aliphatic rings. The first-order valence-corrected chi connectivity index (χ1v) is 3.91. The number of hydrogen-bond donors (Lipinski definition) is 0. The van der Waals surface area contributed by atoms with E-state index in [1.165, 1.54) is 12.1 Å². The number of halogens is 1. The van der Waals surface area contributed by atoms with E-state index in [4.69, 9.17) is 11.6 Å². The molecule has 66 valence electrons. The fraction of sp³-hybridized carbons (Fsp3) is 0.111. The van der Waals surface area contributed by atoms with Crippen LogP contribution in [-0.4, -0.2) is 12.0 Å². The van der Waals surface area contributed by atoms with Gasteiger partial charge >= 0.3 is 0 Å². The fourth-order valence-electron chi connectivity index (χ4n) is 0.969. The molecule has 0 saturated carbocycles. The third-order valence-corrected chi connectivity index (χ3v) is 1.80. The largest absolute Gasteiger partial charge is 0.287 e. The minimum absolute atomic E-state index is 0.368. The van der Waals surface area contributed by atoms with Gasteiger partial charge < -0.3 is 0 Å². The van der Waals surface area contributed by atoms with Gasteiger partial charge in [-0.3, -0.25) is 4.79 Å². The van der Waals surface area contributed by atoms with Crippen LogP contribution in [-0.2, 0) is 4.79 Å². The number of carbonyl (C=O) groups is 1. The van der Waals surface area contributed by atoms with Gasteiger partial charge in [0.05, 0.1) is 0 Å². The van der Waals surface area contributed by atoms with Crippen LogP contribution in [0, 0.1) is 6.92 Å². The Morgan fingerprint density at radius 1 is 1.54 bits per heavy atom. The van der Waals surface area contributed by atoms with E-state index in [1.54, 1.807) is 19.1 Å². The summed E-state index contributed by atoms with van der Waals surface area (Å²) < 4.78 is 0. The maximum Gasteiger partial charge on any atom is 0.287 e. The molecule has 0 fully saturated rings. The van der Waals surface area contributed by atoms with Crippen molar-refractivity contribution in [3.8, 4) is 0 Å². The molecule has 0 unspecified atom stereocenters. The predicted octanol–water partition coefficient (Wildman–Crippen LogP) is 2.12. The second-order valence-corrected chi connectivity index (χ2v) is 2.90. The second kappa shape index (κ2) is 3.99. The Hall–Kier alpha value is -1.44. The van der Waals surface area contributed by atoms with Crippen molar-refractivity contribution in [3.63, 3.8) is 0 Å². The third-order valence-electron chi connectivity index (χ3n) is 1.57. The lowest BCUT2D eigenvalue weighted by atomic mass is 10.1. The summed E-state index contributed by atoms with van der Waals surface area (Å²) in [5, 5.41) is 0.545. The molecule has 0 aromatic heterocycles. The van der Waals surface area contributed by atoms with Crippen LogP contribution in [0.2, 0.25) is 5.02 Å². The number of aryl methyl sites for hydroxylation is 1. The van der Waals surface area contributed by atoms with Gasteiger partial charge in [-0.15, -0.1) is 4.99 Å². The molecule has 1 aromatic carbocycles. The highest BCUT2D eigenvalue weighted by atomic mass is 35.5. The molecule has 0 aliphatic heterocycles. The van der Waals surface area contributed by atoms with E-state index in [0.29, 0.717) is 16.1 Å². The molecule has 1 rings (SSSR count). The van der Waals surface area contributed by atoms with Crippen LogP contribution in [0.4, 0.5) is 0 Å². The van der Waals surface area contributed by atoms with E-state index in [9.17, 15) is 9.59 Å². The van der Waals surface area contributed by atoms with Crippen LogP contribution in [0.3, 0.4) is 0 Å². The van der Waals surface area contributed by atoms with Gasteiger partial charge in [0.25, 0.3) is 5.91 Å². The molecule has 0 N–H and O–H groups in total. The van der Waals surface area contributed by atoms with Crippen LogP contribution in [0.25, 0.3) is 0 Å². The van der Waals surface area contributed by atoms with Gasteiger partial charge in [0.15, 0.2) is 0 Å². The van der Waals surface area contributed by atoms with Gasteiger partial charge in [-0.25, -0.2) is 4.79 Å². The van der Waals surface area contributed by atoms with Gasteiger partial charge in [0, 0.05) is 10.6 Å². The van der Waals surface area contributed by atoms with Crippen LogP contribution in [0.15, 0.2) is 23.2 Å². The standard InChI is InChI=1S/C9H6ClNO2/c1-6-4-7(10)2-3-8(6)9(13)11-5-12/h2-4H,1H3. The van der Waals surface area contributed by atoms with Crippen LogP contribution in [0.5, 0.6) is 0 Å². The Morgan fingerprint density at radius 3 is 2.77 bits per heavy atom. The zero-order valence-corrected chi connectivity index (χ0v) is 7.63. The lowest BCUT2D eigenvalue weighted by molar-refractivity contribution is 0.100. The zero-order chi connectivity index (χ0) is 9.84. The summed E-state index contributed by atoms with van der Waals surface area (Å²) in [5.74, 6) is -0.593. The van der Waals surface area contributed by atoms with E-state index in [2.05, 4.69) is 4.99 Å². The summed E-state index contributed by atoms with van der Waals surface area (Å²) in [6.07, 6.45) is 1.20. The normalized spacial score (nSPS) is 9.08. The SMILES string of the molecule is Cc1cc(Cl)ccc1C(=O)N=C=O. The summed E-state index contributed by atoms with van der Waals surface area (Å²) >= 11 is 5.68. The molecule has 0 aliphatic carbocycles. The van der Waals surface area contributed by atoms with Crippen molar-refractivity contribution < 1.29 is 9.59 Å². The molecule has 13 heavy (non-hydrogen) atoms. The first-order valence-electron chi connectivity index (χ1n) is 3.53. The van der Waals surface area contributed by atoms with Crippen molar-refractivity contribution in [1.29, 1.82) is 0 Å². The van der Waals surface area contributed by atoms with Crippen LogP contribution < -0.4 is 0 Å². The molecule has 4 heteroatoms. The molecule has 1 amide bonds. The number of benzene rings is 1. The molecule has 0 bridgehead atoms. The number of hydrogen-bond acceptors (Lipinski definition) is 2. The second-order valence-electron chi connectivity index (χ2n) is 2.47. The van der Waals surface area contributed by atoms with Crippen molar-refractivity contribution in [3.05, 3.63) is 34.3 Å². The summed E-state index contributed by atoms with van der Waals surface area (Å²) in [7, 11) is 0. The Morgan fingerprint density at radius 2 is 2.23 bits per heavy atom. The molecule has 0 spiro atoms. The maximum absolute atomic E-state index is 11.1. The quantitative estimate of drug-likeness (QED) is 0.509. The highest BCUT2D eigenvalue weighted by molar-refractivity contribution is 6.30. The van der Waals surface area contributed by atoms with E-state index < -0.39 is 5.91 Å². The van der Waals surface area contributed by atoms with Gasteiger partial charge in [-0.2, -0.15) is 0 Å².